The summed E-state index contributed by atoms with van der Waals surface area (Å²) in [5.74, 6) is -2.39. The van der Waals surface area contributed by atoms with Crippen LogP contribution in [0.5, 0.6) is 0 Å². The van der Waals surface area contributed by atoms with Gasteiger partial charge in [0.2, 0.25) is 10.0 Å². The minimum Gasteiger partial charge on any atom is -0.478 e. The van der Waals surface area contributed by atoms with E-state index in [1.54, 1.807) is 0 Å². The smallest absolute Gasteiger partial charge is 0.338 e. The monoisotopic (exact) mass is 316 g/mol. The molecule has 1 saturated heterocycles. The molecule has 116 valence electrons. The fraction of sp³-hybridized carbons (Fsp3) is 0.462. The van der Waals surface area contributed by atoms with Crippen molar-refractivity contribution in [1.82, 2.24) is 9.62 Å². The van der Waals surface area contributed by atoms with Crippen molar-refractivity contribution in [3.63, 3.8) is 0 Å². The molecular weight excluding hydrogens is 299 g/mol. The Hall–Kier alpha value is -1.51. The van der Waals surface area contributed by atoms with Crippen LogP contribution in [0.15, 0.2) is 17.0 Å². The molecule has 1 fully saturated rings. The van der Waals surface area contributed by atoms with Crippen LogP contribution in [-0.2, 0) is 10.0 Å². The predicted molar refractivity (Wildman–Crippen MR) is 74.3 cm³/mol. The van der Waals surface area contributed by atoms with Gasteiger partial charge in [0.15, 0.2) is 0 Å². The number of carboxylic acids is 1. The van der Waals surface area contributed by atoms with Crippen LogP contribution in [0.1, 0.15) is 22.3 Å². The Morgan fingerprint density at radius 1 is 1.33 bits per heavy atom. The minimum atomic E-state index is -3.82. The van der Waals surface area contributed by atoms with Crippen molar-refractivity contribution >= 4 is 16.0 Å². The third-order valence-electron chi connectivity index (χ3n) is 3.40. The van der Waals surface area contributed by atoms with E-state index in [1.165, 1.54) is 17.3 Å². The van der Waals surface area contributed by atoms with Gasteiger partial charge in [0.25, 0.3) is 0 Å². The number of hydrogen-bond donors (Lipinski definition) is 2. The summed E-state index contributed by atoms with van der Waals surface area (Å²) >= 11 is 0. The van der Waals surface area contributed by atoms with Gasteiger partial charge in [0.1, 0.15) is 5.82 Å². The van der Waals surface area contributed by atoms with Crippen LogP contribution in [0.2, 0.25) is 0 Å². The second-order valence-electron chi connectivity index (χ2n) is 4.91. The molecule has 8 heteroatoms. The first-order valence-corrected chi connectivity index (χ1v) is 8.02. The molecule has 0 bridgehead atoms. The summed E-state index contributed by atoms with van der Waals surface area (Å²) in [5, 5.41) is 12.1. The Labute approximate surface area is 122 Å². The summed E-state index contributed by atoms with van der Waals surface area (Å²) in [6.45, 7) is 3.28. The van der Waals surface area contributed by atoms with Gasteiger partial charge in [-0.05, 0) is 37.6 Å². The minimum absolute atomic E-state index is 0.00132. The lowest BCUT2D eigenvalue weighted by Crippen LogP contribution is -2.34. The van der Waals surface area contributed by atoms with E-state index in [9.17, 15) is 17.6 Å². The molecule has 0 unspecified atom stereocenters. The number of halogens is 1. The maximum atomic E-state index is 13.7. The summed E-state index contributed by atoms with van der Waals surface area (Å²) in [7, 11) is -3.82. The Kier molecular flexibility index (Phi) is 4.60. The van der Waals surface area contributed by atoms with Crippen molar-refractivity contribution < 1.29 is 22.7 Å². The number of benzene rings is 1. The molecule has 2 N–H and O–H groups in total. The van der Waals surface area contributed by atoms with E-state index in [0.29, 0.717) is 26.1 Å². The summed E-state index contributed by atoms with van der Waals surface area (Å²) < 4.78 is 40.1. The number of carbonyl (C=O) groups is 1. The van der Waals surface area contributed by atoms with Gasteiger partial charge >= 0.3 is 5.97 Å². The molecule has 1 aromatic rings. The van der Waals surface area contributed by atoms with Gasteiger partial charge in [-0.3, -0.25) is 0 Å². The first-order valence-electron chi connectivity index (χ1n) is 6.58. The Morgan fingerprint density at radius 3 is 2.71 bits per heavy atom. The molecule has 2 rings (SSSR count). The number of aryl methyl sites for hydroxylation is 1. The van der Waals surface area contributed by atoms with Crippen LogP contribution in [0.25, 0.3) is 0 Å². The van der Waals surface area contributed by atoms with Crippen LogP contribution in [0, 0.1) is 12.7 Å². The first-order chi connectivity index (χ1) is 9.84. The molecule has 0 spiro atoms. The van der Waals surface area contributed by atoms with Crippen molar-refractivity contribution in [3.8, 4) is 0 Å². The SMILES string of the molecule is Cc1cc(S(=O)(=O)N2CCCNCC2)cc(C(=O)O)c1F. The van der Waals surface area contributed by atoms with Gasteiger partial charge in [0.05, 0.1) is 10.5 Å². The van der Waals surface area contributed by atoms with Crippen molar-refractivity contribution in [1.29, 1.82) is 0 Å². The van der Waals surface area contributed by atoms with Crippen molar-refractivity contribution in [2.45, 2.75) is 18.2 Å². The lowest BCUT2D eigenvalue weighted by Gasteiger charge is -2.20. The number of rotatable bonds is 3. The first kappa shape index (κ1) is 15.9. The van der Waals surface area contributed by atoms with Crippen LogP contribution in [0.4, 0.5) is 4.39 Å². The average Bonchev–Trinajstić information content (AvgIpc) is 2.70. The maximum absolute atomic E-state index is 13.7. The molecule has 0 radical (unpaired) electrons. The van der Waals surface area contributed by atoms with Crippen LogP contribution in [0.3, 0.4) is 0 Å². The van der Waals surface area contributed by atoms with E-state index in [2.05, 4.69) is 5.32 Å². The van der Waals surface area contributed by atoms with Crippen molar-refractivity contribution in [2.75, 3.05) is 26.2 Å². The average molecular weight is 316 g/mol. The van der Waals surface area contributed by atoms with Crippen molar-refractivity contribution in [3.05, 3.63) is 29.1 Å². The molecule has 1 aliphatic rings. The van der Waals surface area contributed by atoms with Gasteiger partial charge in [-0.15, -0.1) is 0 Å². The predicted octanol–water partition coefficient (Wildman–Crippen LogP) is 0.816. The fourth-order valence-electron chi connectivity index (χ4n) is 2.25. The number of carboxylic acid groups (broad SMARTS) is 1. The van der Waals surface area contributed by atoms with E-state index in [0.717, 1.165) is 12.6 Å². The quantitative estimate of drug-likeness (QED) is 0.862. The lowest BCUT2D eigenvalue weighted by molar-refractivity contribution is 0.0691. The summed E-state index contributed by atoms with van der Waals surface area (Å²) in [4.78, 5) is 10.8. The topological polar surface area (TPSA) is 86.7 Å². The van der Waals surface area contributed by atoms with E-state index < -0.39 is 27.4 Å². The molecule has 0 amide bonds. The lowest BCUT2D eigenvalue weighted by atomic mass is 10.1. The van der Waals surface area contributed by atoms with Gasteiger partial charge in [0, 0.05) is 19.6 Å². The molecule has 1 aliphatic heterocycles. The van der Waals surface area contributed by atoms with Crippen molar-refractivity contribution in [2.24, 2.45) is 0 Å². The summed E-state index contributed by atoms with van der Waals surface area (Å²) in [5.41, 5.74) is -0.622. The second kappa shape index (κ2) is 6.08. The summed E-state index contributed by atoms with van der Waals surface area (Å²) in [6, 6.07) is 2.06. The molecular formula is C13H17FN2O4S. The number of nitrogens with zero attached hydrogens (tertiary/aromatic N) is 1. The van der Waals surface area contributed by atoms with Gasteiger partial charge in [-0.2, -0.15) is 4.31 Å². The van der Waals surface area contributed by atoms with Gasteiger partial charge < -0.3 is 10.4 Å². The zero-order chi connectivity index (χ0) is 15.6. The molecule has 21 heavy (non-hydrogen) atoms. The number of sulfonamides is 1. The third kappa shape index (κ3) is 3.22. The number of hydrogen-bond acceptors (Lipinski definition) is 4. The van der Waals surface area contributed by atoms with E-state index in [4.69, 9.17) is 5.11 Å². The molecule has 1 aromatic carbocycles. The Balaban J connectivity index is 2.46. The van der Waals surface area contributed by atoms with Gasteiger partial charge in [-0.25, -0.2) is 17.6 Å². The van der Waals surface area contributed by atoms with Crippen LogP contribution >= 0.6 is 0 Å². The number of nitrogens with one attached hydrogen (secondary N) is 1. The highest BCUT2D eigenvalue weighted by molar-refractivity contribution is 7.89. The molecule has 0 aliphatic carbocycles. The van der Waals surface area contributed by atoms with Crippen LogP contribution in [-0.4, -0.2) is 50.0 Å². The summed E-state index contributed by atoms with van der Waals surface area (Å²) in [6.07, 6.45) is 0.672. The highest BCUT2D eigenvalue weighted by Gasteiger charge is 2.27. The Bertz CT molecular complexity index is 652. The second-order valence-corrected chi connectivity index (χ2v) is 6.85. The van der Waals surface area contributed by atoms with Gasteiger partial charge in [-0.1, -0.05) is 0 Å². The zero-order valence-electron chi connectivity index (χ0n) is 11.6. The number of aromatic carboxylic acids is 1. The Morgan fingerprint density at radius 2 is 2.05 bits per heavy atom. The zero-order valence-corrected chi connectivity index (χ0v) is 12.4. The normalized spacial score (nSPS) is 17.4. The van der Waals surface area contributed by atoms with Crippen LogP contribution < -0.4 is 5.32 Å². The van der Waals surface area contributed by atoms with E-state index in [1.807, 2.05) is 0 Å². The largest absolute Gasteiger partial charge is 0.478 e. The maximum Gasteiger partial charge on any atom is 0.338 e. The highest BCUT2D eigenvalue weighted by Crippen LogP contribution is 2.22. The molecule has 0 aromatic heterocycles. The highest BCUT2D eigenvalue weighted by atomic mass is 32.2. The molecule has 6 nitrogen and oxygen atoms in total. The molecule has 0 saturated carbocycles. The van der Waals surface area contributed by atoms with E-state index >= 15 is 0 Å². The van der Waals surface area contributed by atoms with E-state index in [-0.39, 0.29) is 10.5 Å². The molecule has 0 atom stereocenters. The molecule has 1 heterocycles. The third-order valence-corrected chi connectivity index (χ3v) is 5.27. The fourth-order valence-corrected chi connectivity index (χ4v) is 3.84. The standard InChI is InChI=1S/C13H17FN2O4S/c1-9-7-10(8-11(12(9)14)13(17)18)21(19,20)16-5-2-3-15-4-6-16/h7-8,15H,2-6H2,1H3,(H,17,18).